The lowest BCUT2D eigenvalue weighted by molar-refractivity contribution is -0.153. The number of halogens is 3. The number of ether oxygens (including phenoxy) is 1. The van der Waals surface area contributed by atoms with Crippen LogP contribution in [0.4, 0.5) is 13.2 Å². The Hall–Kier alpha value is -0.840. The zero-order chi connectivity index (χ0) is 9.90. The molecule has 13 heavy (non-hydrogen) atoms. The fourth-order valence-corrected chi connectivity index (χ4v) is 0.964. The number of benzene rings is 1. The van der Waals surface area contributed by atoms with Crippen molar-refractivity contribution in [1.29, 1.82) is 0 Å². The molecule has 0 spiro atoms. The van der Waals surface area contributed by atoms with Crippen molar-refractivity contribution in [1.82, 2.24) is 0 Å². The van der Waals surface area contributed by atoms with E-state index in [1.165, 1.54) is 6.07 Å². The maximum absolute atomic E-state index is 11.7. The number of thiol groups is 1. The molecule has 0 saturated heterocycles. The summed E-state index contributed by atoms with van der Waals surface area (Å²) in [4.78, 5) is 0.395. The second-order valence-electron chi connectivity index (χ2n) is 2.37. The van der Waals surface area contributed by atoms with Crippen LogP contribution < -0.4 is 4.74 Å². The largest absolute Gasteiger partial charge is 0.483 e. The topological polar surface area (TPSA) is 9.23 Å². The van der Waals surface area contributed by atoms with E-state index < -0.39 is 12.8 Å². The zero-order valence-corrected chi connectivity index (χ0v) is 7.40. The minimum atomic E-state index is -4.31. The van der Waals surface area contributed by atoms with E-state index in [0.29, 0.717) is 4.90 Å². The molecule has 5 heteroatoms. The molecule has 0 heterocycles. The lowest BCUT2D eigenvalue weighted by atomic mass is 10.3. The fraction of sp³-hybridized carbons (Fsp3) is 0.250. The smallest absolute Gasteiger partial charge is 0.422 e. The molecule has 0 bridgehead atoms. The van der Waals surface area contributed by atoms with Crippen LogP contribution >= 0.6 is 12.6 Å². The Morgan fingerprint density at radius 1 is 1.23 bits per heavy atom. The van der Waals surface area contributed by atoms with Crippen molar-refractivity contribution >= 4 is 12.6 Å². The van der Waals surface area contributed by atoms with Crippen LogP contribution in [0.15, 0.2) is 29.2 Å². The maximum Gasteiger partial charge on any atom is 0.422 e. The molecule has 0 radical (unpaired) electrons. The van der Waals surface area contributed by atoms with Crippen LogP contribution in [0.1, 0.15) is 0 Å². The minimum Gasteiger partial charge on any atom is -0.483 e. The van der Waals surface area contributed by atoms with Crippen LogP contribution in [0.25, 0.3) is 0 Å². The second-order valence-corrected chi connectivity index (χ2v) is 2.85. The number of hydrogen-bond acceptors (Lipinski definition) is 2. The Kier molecular flexibility index (Phi) is 3.08. The van der Waals surface area contributed by atoms with Gasteiger partial charge in [-0.2, -0.15) is 13.2 Å². The lowest BCUT2D eigenvalue weighted by Crippen LogP contribution is -2.19. The van der Waals surface area contributed by atoms with Gasteiger partial charge in [-0.15, -0.1) is 12.6 Å². The average molecular weight is 208 g/mol. The molecule has 0 aromatic heterocycles. The van der Waals surface area contributed by atoms with E-state index in [-0.39, 0.29) is 5.75 Å². The highest BCUT2D eigenvalue weighted by Crippen LogP contribution is 2.24. The van der Waals surface area contributed by atoms with E-state index in [0.717, 1.165) is 0 Å². The molecule has 1 aromatic carbocycles. The SMILES string of the molecule is FC(F)(F)COc1ccccc1S. The predicted molar refractivity (Wildman–Crippen MR) is 45.2 cm³/mol. The molecule has 0 saturated carbocycles. The van der Waals surface area contributed by atoms with E-state index in [4.69, 9.17) is 0 Å². The standard InChI is InChI=1S/C8H7F3OS/c9-8(10,11)5-12-6-3-1-2-4-7(6)13/h1-4,13H,5H2. The molecule has 72 valence electrons. The van der Waals surface area contributed by atoms with Crippen molar-refractivity contribution in [2.75, 3.05) is 6.61 Å². The first kappa shape index (κ1) is 10.2. The molecule has 0 unspecified atom stereocenters. The Labute approximate surface area is 78.9 Å². The van der Waals surface area contributed by atoms with Crippen LogP contribution in [-0.2, 0) is 0 Å². The van der Waals surface area contributed by atoms with Gasteiger partial charge in [0.2, 0.25) is 0 Å². The highest BCUT2D eigenvalue weighted by Gasteiger charge is 2.28. The highest BCUT2D eigenvalue weighted by atomic mass is 32.1. The van der Waals surface area contributed by atoms with Crippen LogP contribution in [0.3, 0.4) is 0 Å². The van der Waals surface area contributed by atoms with Gasteiger partial charge < -0.3 is 4.74 Å². The summed E-state index contributed by atoms with van der Waals surface area (Å²) in [6, 6.07) is 6.26. The molecule has 0 atom stereocenters. The Bertz CT molecular complexity index is 285. The molecular formula is C8H7F3OS. The molecule has 0 N–H and O–H groups in total. The number of alkyl halides is 3. The van der Waals surface area contributed by atoms with Crippen molar-refractivity contribution in [3.8, 4) is 5.75 Å². The predicted octanol–water partition coefficient (Wildman–Crippen LogP) is 2.92. The molecule has 0 fully saturated rings. The molecule has 1 rings (SSSR count). The van der Waals surface area contributed by atoms with Crippen molar-refractivity contribution in [2.45, 2.75) is 11.1 Å². The first-order valence-electron chi connectivity index (χ1n) is 3.46. The summed E-state index contributed by atoms with van der Waals surface area (Å²) in [5, 5.41) is 0. The Morgan fingerprint density at radius 3 is 2.38 bits per heavy atom. The molecule has 0 amide bonds. The van der Waals surface area contributed by atoms with Crippen molar-refractivity contribution in [3.63, 3.8) is 0 Å². The van der Waals surface area contributed by atoms with Crippen molar-refractivity contribution in [2.24, 2.45) is 0 Å². The van der Waals surface area contributed by atoms with Gasteiger partial charge in [0.25, 0.3) is 0 Å². The average Bonchev–Trinajstić information content (AvgIpc) is 2.01. The Balaban J connectivity index is 2.60. The van der Waals surface area contributed by atoms with E-state index in [1.807, 2.05) is 0 Å². The third kappa shape index (κ3) is 3.59. The lowest BCUT2D eigenvalue weighted by Gasteiger charge is -2.10. The van der Waals surface area contributed by atoms with Gasteiger partial charge in [0.05, 0.1) is 0 Å². The molecule has 1 nitrogen and oxygen atoms in total. The van der Waals surface area contributed by atoms with Crippen LogP contribution in [-0.4, -0.2) is 12.8 Å². The van der Waals surface area contributed by atoms with E-state index in [9.17, 15) is 13.2 Å². The van der Waals surface area contributed by atoms with Gasteiger partial charge in [0, 0.05) is 4.90 Å². The van der Waals surface area contributed by atoms with Crippen LogP contribution in [0, 0.1) is 0 Å². The second kappa shape index (κ2) is 3.91. The van der Waals surface area contributed by atoms with E-state index in [1.54, 1.807) is 18.2 Å². The molecule has 0 aliphatic rings. The van der Waals surface area contributed by atoms with E-state index >= 15 is 0 Å². The fourth-order valence-electron chi connectivity index (χ4n) is 0.739. The first-order chi connectivity index (χ1) is 5.99. The van der Waals surface area contributed by atoms with Gasteiger partial charge in [-0.05, 0) is 12.1 Å². The van der Waals surface area contributed by atoms with Crippen molar-refractivity contribution in [3.05, 3.63) is 24.3 Å². The van der Waals surface area contributed by atoms with Crippen molar-refractivity contribution < 1.29 is 17.9 Å². The van der Waals surface area contributed by atoms with Gasteiger partial charge >= 0.3 is 6.18 Å². The van der Waals surface area contributed by atoms with Gasteiger partial charge in [-0.25, -0.2) is 0 Å². The van der Waals surface area contributed by atoms with Gasteiger partial charge in [0.1, 0.15) is 5.75 Å². The summed E-state index contributed by atoms with van der Waals surface area (Å²) in [6.45, 7) is -1.29. The van der Waals surface area contributed by atoms with E-state index in [2.05, 4.69) is 17.4 Å². The molecule has 1 aromatic rings. The molecular weight excluding hydrogens is 201 g/mol. The summed E-state index contributed by atoms with van der Waals surface area (Å²) >= 11 is 3.94. The summed E-state index contributed by atoms with van der Waals surface area (Å²) in [5.41, 5.74) is 0. The summed E-state index contributed by atoms with van der Waals surface area (Å²) in [5.74, 6) is 0.142. The summed E-state index contributed by atoms with van der Waals surface area (Å²) < 4.78 is 39.7. The summed E-state index contributed by atoms with van der Waals surface area (Å²) in [7, 11) is 0. The minimum absolute atomic E-state index is 0.142. The Morgan fingerprint density at radius 2 is 1.85 bits per heavy atom. The van der Waals surface area contributed by atoms with Gasteiger partial charge in [-0.1, -0.05) is 12.1 Å². The van der Waals surface area contributed by atoms with Crippen LogP contribution in [0.5, 0.6) is 5.75 Å². The number of rotatable bonds is 2. The number of para-hydroxylation sites is 1. The molecule has 0 aliphatic heterocycles. The zero-order valence-electron chi connectivity index (χ0n) is 6.51. The summed E-state index contributed by atoms with van der Waals surface area (Å²) in [6.07, 6.45) is -4.31. The monoisotopic (exact) mass is 208 g/mol. The molecule has 0 aliphatic carbocycles. The first-order valence-corrected chi connectivity index (χ1v) is 3.91. The maximum atomic E-state index is 11.7. The van der Waals surface area contributed by atoms with Crippen LogP contribution in [0.2, 0.25) is 0 Å². The normalized spacial score (nSPS) is 11.4. The third-order valence-corrected chi connectivity index (χ3v) is 1.63. The quantitative estimate of drug-likeness (QED) is 0.735. The number of hydrogen-bond donors (Lipinski definition) is 1. The van der Waals surface area contributed by atoms with Gasteiger partial charge in [0.15, 0.2) is 6.61 Å². The highest BCUT2D eigenvalue weighted by molar-refractivity contribution is 7.80. The van der Waals surface area contributed by atoms with Gasteiger partial charge in [-0.3, -0.25) is 0 Å². The third-order valence-electron chi connectivity index (χ3n) is 1.26.